The van der Waals surface area contributed by atoms with E-state index in [2.05, 4.69) is 5.92 Å². The van der Waals surface area contributed by atoms with Gasteiger partial charge in [-0.25, -0.2) is 4.39 Å². The zero-order chi connectivity index (χ0) is 9.84. The summed E-state index contributed by atoms with van der Waals surface area (Å²) in [6.45, 7) is 1.64. The third-order valence-electron chi connectivity index (χ3n) is 1.79. The first kappa shape index (κ1) is 9.76. The molecule has 0 amide bonds. The Balaban J connectivity index is 3.10. The van der Waals surface area contributed by atoms with E-state index < -0.39 is 0 Å². The van der Waals surface area contributed by atoms with E-state index in [1.165, 1.54) is 12.1 Å². The molecule has 1 N–H and O–H groups in total. The lowest BCUT2D eigenvalue weighted by Gasteiger charge is -2.07. The number of halogens is 1. The molecular weight excluding hydrogens is 167 g/mol. The summed E-state index contributed by atoms with van der Waals surface area (Å²) in [5.74, 6) is 2.68. The van der Waals surface area contributed by atoms with Crippen molar-refractivity contribution in [2.75, 3.05) is 6.61 Å². The van der Waals surface area contributed by atoms with Crippen LogP contribution in [0.5, 0.6) is 0 Å². The number of terminal acetylenes is 1. The molecule has 2 heteroatoms. The van der Waals surface area contributed by atoms with Crippen LogP contribution in [0.15, 0.2) is 18.2 Å². The van der Waals surface area contributed by atoms with Gasteiger partial charge in [-0.3, -0.25) is 0 Å². The van der Waals surface area contributed by atoms with Crippen LogP contribution < -0.4 is 0 Å². The fraction of sp³-hybridized carbons (Fsp3) is 0.182. The van der Waals surface area contributed by atoms with Crippen molar-refractivity contribution in [2.24, 2.45) is 0 Å². The van der Waals surface area contributed by atoms with Crippen LogP contribution in [0, 0.1) is 24.1 Å². The average Bonchev–Trinajstić information content (AvgIpc) is 2.15. The predicted octanol–water partition coefficient (Wildman–Crippen LogP) is 1.74. The van der Waals surface area contributed by atoms with Crippen LogP contribution in [0.2, 0.25) is 0 Å². The Morgan fingerprint density at radius 2 is 2.23 bits per heavy atom. The zero-order valence-corrected chi connectivity index (χ0v) is 7.34. The van der Waals surface area contributed by atoms with E-state index in [1.54, 1.807) is 13.0 Å². The van der Waals surface area contributed by atoms with E-state index in [0.29, 0.717) is 17.0 Å². The molecule has 1 aromatic rings. The number of hydrogen-bond acceptors (Lipinski definition) is 1. The van der Waals surface area contributed by atoms with E-state index in [-0.39, 0.29) is 12.4 Å². The summed E-state index contributed by atoms with van der Waals surface area (Å²) in [5, 5.41) is 8.83. The summed E-state index contributed by atoms with van der Waals surface area (Å²) in [5.41, 5.74) is 1.14. The number of aliphatic hydroxyl groups is 1. The molecule has 0 aliphatic heterocycles. The summed E-state index contributed by atoms with van der Waals surface area (Å²) in [6, 6.07) is 4.31. The van der Waals surface area contributed by atoms with E-state index in [0.717, 1.165) is 0 Å². The Hall–Kier alpha value is -1.33. The highest BCUT2D eigenvalue weighted by Gasteiger charge is 2.06. The van der Waals surface area contributed by atoms with Crippen molar-refractivity contribution in [1.82, 2.24) is 0 Å². The second kappa shape index (κ2) is 4.06. The van der Waals surface area contributed by atoms with Gasteiger partial charge in [0.2, 0.25) is 0 Å². The molecule has 0 aliphatic rings. The first-order chi connectivity index (χ1) is 6.17. The normalized spacial score (nSPS) is 10.1. The lowest BCUT2D eigenvalue weighted by Crippen LogP contribution is -2.01. The second-order valence-corrected chi connectivity index (χ2v) is 2.81. The lowest BCUT2D eigenvalue weighted by molar-refractivity contribution is 0.315. The maximum absolute atomic E-state index is 12.9. The molecule has 0 heterocycles. The number of rotatable bonds is 2. The van der Waals surface area contributed by atoms with Crippen LogP contribution in [0.3, 0.4) is 0 Å². The fourth-order valence-electron chi connectivity index (χ4n) is 1.01. The Labute approximate surface area is 77.2 Å². The highest BCUT2D eigenvalue weighted by atomic mass is 19.1. The van der Waals surface area contributed by atoms with E-state index in [1.807, 2.05) is 0 Å². The smallest absolute Gasteiger partial charge is 0.124 e. The third-order valence-corrected chi connectivity index (χ3v) is 1.79. The molecule has 0 saturated heterocycles. The van der Waals surface area contributed by atoms with Gasteiger partial charge in [-0.1, -0.05) is 12.8 Å². The summed E-state index contributed by atoms with van der Waals surface area (Å²) in [6.07, 6.45) is 5.14. The van der Waals surface area contributed by atoms with Gasteiger partial charge < -0.3 is 5.11 Å². The Morgan fingerprint density at radius 1 is 1.54 bits per heavy atom. The number of benzene rings is 1. The molecule has 1 rings (SSSR count). The van der Waals surface area contributed by atoms with E-state index >= 15 is 0 Å². The molecule has 0 saturated carbocycles. The zero-order valence-electron chi connectivity index (χ0n) is 7.34. The molecule has 1 nitrogen and oxygen atoms in total. The van der Waals surface area contributed by atoms with Crippen molar-refractivity contribution in [1.29, 1.82) is 0 Å². The Kier molecular flexibility index (Phi) is 3.05. The number of hydrogen-bond donors (Lipinski definition) is 1. The van der Waals surface area contributed by atoms with E-state index in [9.17, 15) is 4.39 Å². The van der Waals surface area contributed by atoms with Crippen molar-refractivity contribution in [3.05, 3.63) is 41.1 Å². The monoisotopic (exact) mass is 177 g/mol. The highest BCUT2D eigenvalue weighted by molar-refractivity contribution is 5.41. The van der Waals surface area contributed by atoms with E-state index in [4.69, 9.17) is 11.5 Å². The second-order valence-electron chi connectivity index (χ2n) is 2.81. The molecule has 1 radical (unpaired) electrons. The first-order valence-corrected chi connectivity index (χ1v) is 3.88. The van der Waals surface area contributed by atoms with Crippen molar-refractivity contribution in [2.45, 2.75) is 6.92 Å². The minimum Gasteiger partial charge on any atom is -0.395 e. The van der Waals surface area contributed by atoms with Gasteiger partial charge in [0.25, 0.3) is 0 Å². The maximum Gasteiger partial charge on any atom is 0.124 e. The summed E-state index contributed by atoms with van der Waals surface area (Å²) < 4.78 is 12.9. The molecule has 0 atom stereocenters. The van der Waals surface area contributed by atoms with Crippen molar-refractivity contribution in [3.63, 3.8) is 0 Å². The molecule has 0 aliphatic carbocycles. The van der Waals surface area contributed by atoms with Crippen LogP contribution in [-0.4, -0.2) is 11.7 Å². The van der Waals surface area contributed by atoms with Crippen LogP contribution in [0.1, 0.15) is 18.1 Å². The van der Waals surface area contributed by atoms with Gasteiger partial charge >= 0.3 is 0 Å². The third kappa shape index (κ3) is 2.30. The van der Waals surface area contributed by atoms with Crippen molar-refractivity contribution < 1.29 is 9.50 Å². The molecule has 0 fully saturated rings. The molecule has 67 valence electrons. The molecule has 0 bridgehead atoms. The van der Waals surface area contributed by atoms with Crippen molar-refractivity contribution >= 4 is 0 Å². The summed E-state index contributed by atoms with van der Waals surface area (Å²) in [4.78, 5) is 0. The largest absolute Gasteiger partial charge is 0.395 e. The van der Waals surface area contributed by atoms with Gasteiger partial charge in [0, 0.05) is 11.5 Å². The van der Waals surface area contributed by atoms with Gasteiger partial charge in [-0.2, -0.15) is 0 Å². The molecular formula is C11H10FO. The standard InChI is InChI=1S/C11H10FO/c1-3-9-4-10(8(2)7-13)6-11(12)5-9/h1,4-6,13H,7H2,2H3. The highest BCUT2D eigenvalue weighted by Crippen LogP contribution is 2.16. The van der Waals surface area contributed by atoms with Crippen LogP contribution in [0.4, 0.5) is 4.39 Å². The minimum atomic E-state index is -0.377. The predicted molar refractivity (Wildman–Crippen MR) is 49.4 cm³/mol. The fourth-order valence-corrected chi connectivity index (χ4v) is 1.01. The molecule has 0 unspecified atom stereocenters. The topological polar surface area (TPSA) is 20.2 Å². The van der Waals surface area contributed by atoms with Gasteiger partial charge in [-0.15, -0.1) is 6.42 Å². The SMILES string of the molecule is C#Cc1cc(F)cc([C](C)CO)c1. The summed E-state index contributed by atoms with van der Waals surface area (Å²) in [7, 11) is 0. The van der Waals surface area contributed by atoms with Gasteiger partial charge in [0.05, 0.1) is 6.61 Å². The number of aliphatic hydroxyl groups excluding tert-OH is 1. The first-order valence-electron chi connectivity index (χ1n) is 3.88. The lowest BCUT2D eigenvalue weighted by atomic mass is 10.00. The van der Waals surface area contributed by atoms with Gasteiger partial charge in [-0.05, 0) is 23.8 Å². The van der Waals surface area contributed by atoms with Crippen LogP contribution in [-0.2, 0) is 0 Å². The quantitative estimate of drug-likeness (QED) is 0.682. The molecule has 13 heavy (non-hydrogen) atoms. The van der Waals surface area contributed by atoms with Crippen LogP contribution in [0.25, 0.3) is 0 Å². The molecule has 1 aromatic carbocycles. The average molecular weight is 177 g/mol. The molecule has 0 aromatic heterocycles. The Morgan fingerprint density at radius 3 is 2.77 bits per heavy atom. The van der Waals surface area contributed by atoms with Gasteiger partial charge in [0.1, 0.15) is 5.82 Å². The Bertz CT molecular complexity index is 338. The van der Waals surface area contributed by atoms with Gasteiger partial charge in [0.15, 0.2) is 0 Å². The van der Waals surface area contributed by atoms with Crippen LogP contribution >= 0.6 is 0 Å². The maximum atomic E-state index is 12.9. The van der Waals surface area contributed by atoms with Crippen molar-refractivity contribution in [3.8, 4) is 12.3 Å². The minimum absolute atomic E-state index is 0.0898. The molecule has 0 spiro atoms. The summed E-state index contributed by atoms with van der Waals surface area (Å²) >= 11 is 0.